The quantitative estimate of drug-likeness (QED) is 0.572. The average molecular weight is 445 g/mol. The first-order valence-corrected chi connectivity index (χ1v) is 12.3. The van der Waals surface area contributed by atoms with E-state index in [0.29, 0.717) is 24.3 Å². The standard InChI is InChI=1S/C22H24N2O4S2/c1-14-9-17-12-16(6-7-19(17)24(14)30(4,25)26)18-13-29-22(23-18)11-15-5-8-20(27-2)21(10-15)28-3/h5-8,10,12-14H,9,11H2,1-4H3/t14-/m0/s1. The highest BCUT2D eigenvalue weighted by atomic mass is 32.2. The molecular formula is C22H24N2O4S2. The van der Waals surface area contributed by atoms with Crippen molar-refractivity contribution < 1.29 is 17.9 Å². The zero-order valence-corrected chi connectivity index (χ0v) is 19.0. The second kappa shape index (κ2) is 7.92. The summed E-state index contributed by atoms with van der Waals surface area (Å²) in [5.41, 5.74) is 4.82. The molecule has 0 amide bonds. The van der Waals surface area contributed by atoms with Crippen LogP contribution >= 0.6 is 11.3 Å². The molecule has 0 bridgehead atoms. The van der Waals surface area contributed by atoms with Crippen LogP contribution in [0.1, 0.15) is 23.1 Å². The van der Waals surface area contributed by atoms with Crippen LogP contribution in [-0.4, -0.2) is 39.9 Å². The number of anilines is 1. The van der Waals surface area contributed by atoms with Gasteiger partial charge in [0, 0.05) is 23.4 Å². The van der Waals surface area contributed by atoms with Gasteiger partial charge in [-0.3, -0.25) is 4.31 Å². The average Bonchev–Trinajstić information content (AvgIpc) is 3.30. The Kier molecular flexibility index (Phi) is 5.46. The lowest BCUT2D eigenvalue weighted by atomic mass is 10.1. The molecule has 0 radical (unpaired) electrons. The number of hydrogen-bond acceptors (Lipinski definition) is 6. The second-order valence-corrected chi connectivity index (χ2v) is 10.3. The third-order valence-corrected chi connectivity index (χ3v) is 7.36. The van der Waals surface area contributed by atoms with Crippen molar-refractivity contribution in [3.63, 3.8) is 0 Å². The van der Waals surface area contributed by atoms with E-state index in [1.165, 1.54) is 10.6 Å². The molecule has 2 aromatic carbocycles. The number of ether oxygens (including phenoxy) is 2. The highest BCUT2D eigenvalue weighted by Gasteiger charge is 2.32. The van der Waals surface area contributed by atoms with Crippen LogP contribution in [0, 0.1) is 0 Å². The summed E-state index contributed by atoms with van der Waals surface area (Å²) in [6.07, 6.45) is 2.67. The Bertz CT molecular complexity index is 1190. The molecule has 0 unspecified atom stereocenters. The predicted octanol–water partition coefficient (Wildman–Crippen LogP) is 4.13. The Balaban J connectivity index is 1.58. The zero-order valence-electron chi connectivity index (χ0n) is 17.4. The van der Waals surface area contributed by atoms with E-state index >= 15 is 0 Å². The molecular weight excluding hydrogens is 420 g/mol. The monoisotopic (exact) mass is 444 g/mol. The first-order valence-electron chi connectivity index (χ1n) is 9.58. The minimum atomic E-state index is -3.28. The van der Waals surface area contributed by atoms with E-state index in [0.717, 1.165) is 33.1 Å². The number of aromatic nitrogens is 1. The zero-order chi connectivity index (χ0) is 21.5. The van der Waals surface area contributed by atoms with Crippen molar-refractivity contribution in [1.29, 1.82) is 0 Å². The molecule has 2 heterocycles. The fourth-order valence-corrected chi connectivity index (χ4v) is 6.06. The van der Waals surface area contributed by atoms with E-state index < -0.39 is 10.0 Å². The largest absolute Gasteiger partial charge is 0.493 e. The minimum absolute atomic E-state index is 0.0682. The van der Waals surface area contributed by atoms with Crippen molar-refractivity contribution >= 4 is 27.0 Å². The molecule has 8 heteroatoms. The molecule has 1 aliphatic rings. The van der Waals surface area contributed by atoms with Crippen LogP contribution in [0.15, 0.2) is 41.8 Å². The van der Waals surface area contributed by atoms with Crippen LogP contribution in [0.5, 0.6) is 11.5 Å². The Hall–Kier alpha value is -2.58. The van der Waals surface area contributed by atoms with Crippen LogP contribution in [0.3, 0.4) is 0 Å². The van der Waals surface area contributed by atoms with E-state index in [9.17, 15) is 8.42 Å². The van der Waals surface area contributed by atoms with Gasteiger partial charge in [-0.15, -0.1) is 11.3 Å². The first-order chi connectivity index (χ1) is 14.3. The van der Waals surface area contributed by atoms with Crippen molar-refractivity contribution in [2.45, 2.75) is 25.8 Å². The van der Waals surface area contributed by atoms with Gasteiger partial charge in [-0.1, -0.05) is 12.1 Å². The molecule has 0 fully saturated rings. The normalized spacial score (nSPS) is 15.9. The van der Waals surface area contributed by atoms with Gasteiger partial charge in [0.15, 0.2) is 11.5 Å². The molecule has 6 nitrogen and oxygen atoms in total. The lowest BCUT2D eigenvalue weighted by Gasteiger charge is -2.21. The maximum Gasteiger partial charge on any atom is 0.232 e. The summed E-state index contributed by atoms with van der Waals surface area (Å²) in [4.78, 5) is 4.80. The third-order valence-electron chi connectivity index (χ3n) is 5.24. The van der Waals surface area contributed by atoms with E-state index in [1.807, 2.05) is 42.6 Å². The summed E-state index contributed by atoms with van der Waals surface area (Å²) in [6, 6.07) is 11.7. The molecule has 0 saturated heterocycles. The number of thiazole rings is 1. The number of sulfonamides is 1. The molecule has 0 spiro atoms. The molecule has 1 atom stereocenters. The number of methoxy groups -OCH3 is 2. The van der Waals surface area contributed by atoms with Gasteiger partial charge in [0.1, 0.15) is 0 Å². The first kappa shape index (κ1) is 20.7. The lowest BCUT2D eigenvalue weighted by molar-refractivity contribution is 0.354. The topological polar surface area (TPSA) is 68.7 Å². The van der Waals surface area contributed by atoms with Crippen LogP contribution in [0.4, 0.5) is 5.69 Å². The van der Waals surface area contributed by atoms with Crippen molar-refractivity contribution in [3.05, 3.63) is 57.9 Å². The predicted molar refractivity (Wildman–Crippen MR) is 120 cm³/mol. The summed E-state index contributed by atoms with van der Waals surface area (Å²) in [5, 5.41) is 3.05. The molecule has 30 heavy (non-hydrogen) atoms. The molecule has 158 valence electrons. The van der Waals surface area contributed by atoms with Crippen LogP contribution in [-0.2, 0) is 22.9 Å². The van der Waals surface area contributed by atoms with Crippen molar-refractivity contribution in [3.8, 4) is 22.8 Å². The molecule has 0 aliphatic carbocycles. The number of hydrogen-bond donors (Lipinski definition) is 0. The summed E-state index contributed by atoms with van der Waals surface area (Å²) in [7, 11) is -0.0335. The molecule has 1 aromatic heterocycles. The smallest absolute Gasteiger partial charge is 0.232 e. The van der Waals surface area contributed by atoms with Gasteiger partial charge in [-0.25, -0.2) is 13.4 Å². The summed E-state index contributed by atoms with van der Waals surface area (Å²) in [6.45, 7) is 1.94. The molecule has 3 aromatic rings. The summed E-state index contributed by atoms with van der Waals surface area (Å²) < 4.78 is 36.4. The SMILES string of the molecule is COc1ccc(Cc2nc(-c3ccc4c(c3)C[C@H](C)N4S(C)(=O)=O)cs2)cc1OC. The Labute approximate surface area is 181 Å². The van der Waals surface area contributed by atoms with Gasteiger partial charge in [0.2, 0.25) is 10.0 Å². The van der Waals surface area contributed by atoms with Gasteiger partial charge in [-0.2, -0.15) is 0 Å². The van der Waals surface area contributed by atoms with Gasteiger partial charge >= 0.3 is 0 Å². The summed E-state index contributed by atoms with van der Waals surface area (Å²) in [5.74, 6) is 1.41. The van der Waals surface area contributed by atoms with Crippen LogP contribution in [0.25, 0.3) is 11.3 Å². The number of rotatable bonds is 6. The molecule has 1 aliphatic heterocycles. The van der Waals surface area contributed by atoms with Gasteiger partial charge in [0.05, 0.1) is 36.9 Å². The highest BCUT2D eigenvalue weighted by Crippen LogP contribution is 2.37. The van der Waals surface area contributed by atoms with E-state index in [-0.39, 0.29) is 6.04 Å². The number of fused-ring (bicyclic) bond motifs is 1. The Morgan fingerprint density at radius 2 is 1.90 bits per heavy atom. The fourth-order valence-electron chi connectivity index (χ4n) is 3.96. The maximum atomic E-state index is 12.1. The van der Waals surface area contributed by atoms with Gasteiger partial charge < -0.3 is 9.47 Å². The number of benzene rings is 2. The molecule has 4 rings (SSSR count). The third kappa shape index (κ3) is 3.89. The maximum absolute atomic E-state index is 12.1. The minimum Gasteiger partial charge on any atom is -0.493 e. The van der Waals surface area contributed by atoms with Gasteiger partial charge in [-0.05, 0) is 48.7 Å². The van der Waals surface area contributed by atoms with E-state index in [2.05, 4.69) is 6.07 Å². The summed E-state index contributed by atoms with van der Waals surface area (Å²) >= 11 is 1.61. The fraction of sp³-hybridized carbons (Fsp3) is 0.318. The number of nitrogens with zero attached hydrogens (tertiary/aromatic N) is 2. The Morgan fingerprint density at radius 3 is 2.60 bits per heavy atom. The van der Waals surface area contributed by atoms with Gasteiger partial charge in [0.25, 0.3) is 0 Å². The highest BCUT2D eigenvalue weighted by molar-refractivity contribution is 7.92. The second-order valence-electron chi connectivity index (χ2n) is 7.45. The Morgan fingerprint density at radius 1 is 1.13 bits per heavy atom. The lowest BCUT2D eigenvalue weighted by Crippen LogP contribution is -2.34. The van der Waals surface area contributed by atoms with Crippen molar-refractivity contribution in [2.75, 3.05) is 24.8 Å². The molecule has 0 saturated carbocycles. The van der Waals surface area contributed by atoms with E-state index in [4.69, 9.17) is 14.5 Å². The van der Waals surface area contributed by atoms with Crippen molar-refractivity contribution in [2.24, 2.45) is 0 Å². The van der Waals surface area contributed by atoms with E-state index in [1.54, 1.807) is 25.6 Å². The van der Waals surface area contributed by atoms with Crippen molar-refractivity contribution in [1.82, 2.24) is 4.98 Å². The molecule has 0 N–H and O–H groups in total. The van der Waals surface area contributed by atoms with Crippen LogP contribution in [0.2, 0.25) is 0 Å². The van der Waals surface area contributed by atoms with Crippen LogP contribution < -0.4 is 13.8 Å².